The van der Waals surface area contributed by atoms with Crippen molar-refractivity contribution < 1.29 is 19.5 Å². The van der Waals surface area contributed by atoms with Crippen LogP contribution in [0, 0.1) is 17.8 Å². The molecule has 3 fully saturated rings. The van der Waals surface area contributed by atoms with Gasteiger partial charge in [0.1, 0.15) is 6.04 Å². The molecule has 1 spiro atoms. The average Bonchev–Trinajstić information content (AvgIpc) is 3.40. The first-order valence-corrected chi connectivity index (χ1v) is 14.0. The van der Waals surface area contributed by atoms with Crippen LogP contribution in [-0.2, 0) is 14.4 Å². The minimum atomic E-state index is -0.612. The fourth-order valence-corrected chi connectivity index (χ4v) is 8.90. The lowest BCUT2D eigenvalue weighted by atomic mass is 9.65. The third kappa shape index (κ3) is 4.68. The number of likely N-dealkylation sites (tertiary alicyclic amines) is 1. The zero-order valence-electron chi connectivity index (χ0n) is 21.8. The molecule has 1 N–H and O–H groups in total. The van der Waals surface area contributed by atoms with Crippen LogP contribution in [0.1, 0.15) is 53.4 Å². The molecule has 3 amide bonds. The van der Waals surface area contributed by atoms with E-state index in [-0.39, 0.29) is 41.5 Å². The molecule has 3 rings (SSSR count). The first-order chi connectivity index (χ1) is 16.7. The number of aliphatic hydroxyl groups is 1. The molecule has 3 unspecified atom stereocenters. The Morgan fingerprint density at radius 2 is 1.91 bits per heavy atom. The Morgan fingerprint density at radius 1 is 1.23 bits per heavy atom. The van der Waals surface area contributed by atoms with Crippen LogP contribution in [-0.4, -0.2) is 92.4 Å². The fraction of sp³-hybridized carbons (Fsp3) is 0.741. The molecule has 2 bridgehead atoms. The molecule has 0 saturated carbocycles. The Bertz CT molecular complexity index is 833. The zero-order valence-corrected chi connectivity index (χ0v) is 22.6. The Labute approximate surface area is 215 Å². The molecule has 0 radical (unpaired) electrons. The second-order valence-electron chi connectivity index (χ2n) is 10.5. The number of nitrogens with zero attached hydrogens (tertiary/aromatic N) is 3. The van der Waals surface area contributed by atoms with E-state index < -0.39 is 22.6 Å². The van der Waals surface area contributed by atoms with Crippen molar-refractivity contribution in [2.24, 2.45) is 17.8 Å². The summed E-state index contributed by atoms with van der Waals surface area (Å²) in [5.74, 6) is -0.877. The number of carbonyl (C=O) groups excluding carboxylic acids is 3. The van der Waals surface area contributed by atoms with Gasteiger partial charge < -0.3 is 19.8 Å². The molecule has 7 nitrogen and oxygen atoms in total. The van der Waals surface area contributed by atoms with E-state index in [1.807, 2.05) is 25.7 Å². The molecule has 6 atom stereocenters. The number of unbranched alkanes of at least 4 members (excludes halogenated alkanes) is 1. The Kier molecular flexibility index (Phi) is 9.13. The van der Waals surface area contributed by atoms with Crippen molar-refractivity contribution in [2.45, 2.75) is 75.5 Å². The highest BCUT2D eigenvalue weighted by atomic mass is 32.2. The largest absolute Gasteiger partial charge is 0.396 e. The number of amides is 3. The van der Waals surface area contributed by atoms with Gasteiger partial charge in [0.05, 0.1) is 16.6 Å². The topological polar surface area (TPSA) is 81.2 Å². The highest BCUT2D eigenvalue weighted by Crippen LogP contribution is 2.68. The van der Waals surface area contributed by atoms with Crippen molar-refractivity contribution in [3.63, 3.8) is 0 Å². The summed E-state index contributed by atoms with van der Waals surface area (Å²) in [4.78, 5) is 47.5. The average molecular weight is 506 g/mol. The minimum absolute atomic E-state index is 0.0200. The number of hydrogen-bond donors (Lipinski definition) is 1. The summed E-state index contributed by atoms with van der Waals surface area (Å²) in [6.07, 6.45) is 6.33. The van der Waals surface area contributed by atoms with Crippen LogP contribution in [0.15, 0.2) is 25.3 Å². The van der Waals surface area contributed by atoms with Gasteiger partial charge in [0.2, 0.25) is 17.7 Å². The van der Waals surface area contributed by atoms with E-state index in [1.54, 1.807) is 33.7 Å². The van der Waals surface area contributed by atoms with Crippen LogP contribution in [0.4, 0.5) is 0 Å². The van der Waals surface area contributed by atoms with E-state index in [9.17, 15) is 19.5 Å². The molecule has 0 aromatic heterocycles. The monoisotopic (exact) mass is 505 g/mol. The van der Waals surface area contributed by atoms with E-state index in [4.69, 9.17) is 0 Å². The maximum absolute atomic E-state index is 14.2. The smallest absolute Gasteiger partial charge is 0.247 e. The molecule has 8 heteroatoms. The zero-order chi connectivity index (χ0) is 25.9. The number of rotatable bonds is 13. The van der Waals surface area contributed by atoms with Gasteiger partial charge in [-0.25, -0.2) is 0 Å². The van der Waals surface area contributed by atoms with Gasteiger partial charge in [-0.15, -0.1) is 24.9 Å². The first kappa shape index (κ1) is 27.8. The van der Waals surface area contributed by atoms with Crippen LogP contribution in [0.2, 0.25) is 0 Å². The van der Waals surface area contributed by atoms with Crippen molar-refractivity contribution in [1.82, 2.24) is 14.7 Å². The third-order valence-electron chi connectivity index (χ3n) is 7.96. The van der Waals surface area contributed by atoms with Crippen LogP contribution >= 0.6 is 11.8 Å². The van der Waals surface area contributed by atoms with Gasteiger partial charge in [0.15, 0.2) is 0 Å². The summed E-state index contributed by atoms with van der Waals surface area (Å²) in [5.41, 5.74) is 0. The standard InChI is InChI=1S/C27H43N3O4S/c1-7-12-28(13-8-2)24(32)21-20-17-19(6)27(35-20)22(21)25(33)30(15-10-11-16-31)23(27)26(34)29(14-9-3)18(4)5/h7,9,18-23,31H,1,3,8,10-17H2,2,4-6H3/t19?,20-,21+,22-,23?,27?/m0/s1. The van der Waals surface area contributed by atoms with Crippen molar-refractivity contribution in [3.05, 3.63) is 25.3 Å². The molecule has 3 saturated heterocycles. The lowest BCUT2D eigenvalue weighted by molar-refractivity contribution is -0.145. The van der Waals surface area contributed by atoms with Gasteiger partial charge in [-0.1, -0.05) is 26.0 Å². The Hall–Kier alpha value is -1.80. The lowest BCUT2D eigenvalue weighted by Gasteiger charge is -2.41. The minimum Gasteiger partial charge on any atom is -0.396 e. The van der Waals surface area contributed by atoms with Crippen molar-refractivity contribution in [1.29, 1.82) is 0 Å². The summed E-state index contributed by atoms with van der Waals surface area (Å²) in [6, 6.07) is -0.641. The number of thioether (sulfide) groups is 1. The maximum atomic E-state index is 14.2. The third-order valence-corrected chi connectivity index (χ3v) is 10.0. The van der Waals surface area contributed by atoms with E-state index in [2.05, 4.69) is 20.1 Å². The van der Waals surface area contributed by atoms with E-state index in [0.29, 0.717) is 39.0 Å². The van der Waals surface area contributed by atoms with E-state index >= 15 is 0 Å². The second kappa shape index (κ2) is 11.5. The summed E-state index contributed by atoms with van der Waals surface area (Å²) < 4.78 is -0.612. The Morgan fingerprint density at radius 3 is 2.49 bits per heavy atom. The molecule has 0 aliphatic carbocycles. The van der Waals surface area contributed by atoms with Gasteiger partial charge in [-0.05, 0) is 45.4 Å². The molecular formula is C27H43N3O4S. The highest BCUT2D eigenvalue weighted by Gasteiger charge is 2.76. The number of hydrogen-bond acceptors (Lipinski definition) is 5. The quantitative estimate of drug-likeness (QED) is 0.308. The van der Waals surface area contributed by atoms with Crippen LogP contribution < -0.4 is 0 Å². The summed E-state index contributed by atoms with van der Waals surface area (Å²) in [7, 11) is 0. The predicted octanol–water partition coefficient (Wildman–Crippen LogP) is 2.94. The van der Waals surface area contributed by atoms with Crippen molar-refractivity contribution >= 4 is 29.5 Å². The maximum Gasteiger partial charge on any atom is 0.247 e. The molecule has 3 aliphatic rings. The van der Waals surface area contributed by atoms with Crippen LogP contribution in [0.5, 0.6) is 0 Å². The predicted molar refractivity (Wildman–Crippen MR) is 141 cm³/mol. The van der Waals surface area contributed by atoms with Crippen molar-refractivity contribution in [3.8, 4) is 0 Å². The number of fused-ring (bicyclic) bond motifs is 1. The molecule has 0 aromatic carbocycles. The summed E-state index contributed by atoms with van der Waals surface area (Å²) in [6.45, 7) is 17.8. The molecule has 196 valence electrons. The normalized spacial score (nSPS) is 31.1. The summed E-state index contributed by atoms with van der Waals surface area (Å²) in [5, 5.41) is 9.38. The molecule has 35 heavy (non-hydrogen) atoms. The van der Waals surface area contributed by atoms with E-state index in [1.165, 1.54) is 0 Å². The molecule has 0 aromatic rings. The van der Waals surface area contributed by atoms with Crippen LogP contribution in [0.3, 0.4) is 0 Å². The first-order valence-electron chi connectivity index (χ1n) is 13.1. The van der Waals surface area contributed by atoms with E-state index in [0.717, 1.165) is 12.8 Å². The van der Waals surface area contributed by atoms with Crippen molar-refractivity contribution in [2.75, 3.05) is 32.8 Å². The number of aliphatic hydroxyl groups excluding tert-OH is 1. The lowest BCUT2D eigenvalue weighted by Crippen LogP contribution is -2.58. The summed E-state index contributed by atoms with van der Waals surface area (Å²) >= 11 is 1.72. The molecule has 3 aliphatic heterocycles. The van der Waals surface area contributed by atoms with Gasteiger partial charge in [-0.3, -0.25) is 14.4 Å². The fourth-order valence-electron chi connectivity index (χ4n) is 6.49. The Balaban J connectivity index is 2.06. The van der Waals surface area contributed by atoms with Crippen LogP contribution in [0.25, 0.3) is 0 Å². The van der Waals surface area contributed by atoms with Gasteiger partial charge >= 0.3 is 0 Å². The number of carbonyl (C=O) groups is 3. The SMILES string of the molecule is C=CCN(CCC)C(=O)[C@@H]1[C@@H]2CC(C)C3(S2)C(C(=O)N(CC=C)C(C)C)N(CCCCO)C(=O)[C@H]13. The van der Waals surface area contributed by atoms with Gasteiger partial charge in [0.25, 0.3) is 0 Å². The second-order valence-corrected chi connectivity index (χ2v) is 12.0. The van der Waals surface area contributed by atoms with Gasteiger partial charge in [-0.2, -0.15) is 0 Å². The molecular weight excluding hydrogens is 462 g/mol. The van der Waals surface area contributed by atoms with Gasteiger partial charge in [0, 0.05) is 44.1 Å². The molecule has 3 heterocycles. The highest BCUT2D eigenvalue weighted by molar-refractivity contribution is 8.02.